The van der Waals surface area contributed by atoms with Crippen LogP contribution in [-0.4, -0.2) is 74.5 Å². The summed E-state index contributed by atoms with van der Waals surface area (Å²) in [6, 6.07) is 12.2. The molecule has 0 bridgehead atoms. The van der Waals surface area contributed by atoms with Gasteiger partial charge in [0, 0.05) is 54.8 Å². The summed E-state index contributed by atoms with van der Waals surface area (Å²) in [5, 5.41) is 4.05. The molecule has 0 aliphatic carbocycles. The van der Waals surface area contributed by atoms with Gasteiger partial charge in [-0.3, -0.25) is 9.69 Å². The number of esters is 1. The van der Waals surface area contributed by atoms with E-state index in [0.717, 1.165) is 36.4 Å². The van der Waals surface area contributed by atoms with Crippen molar-refractivity contribution in [1.82, 2.24) is 14.8 Å². The molecule has 0 spiro atoms. The fourth-order valence-corrected chi connectivity index (χ4v) is 4.95. The first-order chi connectivity index (χ1) is 17.4. The molecule has 8 nitrogen and oxygen atoms in total. The summed E-state index contributed by atoms with van der Waals surface area (Å²) in [6.07, 6.45) is 0.318. The molecule has 1 aromatic heterocycles. The number of hydrogen-bond donors (Lipinski definition) is 1. The Labute approximate surface area is 216 Å². The van der Waals surface area contributed by atoms with E-state index in [1.807, 2.05) is 37.3 Å². The molecule has 1 saturated heterocycles. The zero-order valence-corrected chi connectivity index (χ0v) is 21.6. The van der Waals surface area contributed by atoms with Gasteiger partial charge in [0.25, 0.3) is 5.91 Å². The van der Waals surface area contributed by atoms with Crippen molar-refractivity contribution in [3.8, 4) is 5.75 Å². The van der Waals surface area contributed by atoms with Gasteiger partial charge in [0.05, 0.1) is 38.5 Å². The van der Waals surface area contributed by atoms with Crippen LogP contribution in [0.1, 0.15) is 21.6 Å². The first-order valence-electron chi connectivity index (χ1n) is 12.0. The lowest BCUT2D eigenvalue weighted by molar-refractivity contribution is -0.142. The summed E-state index contributed by atoms with van der Waals surface area (Å²) in [4.78, 5) is 28.6. The van der Waals surface area contributed by atoms with Gasteiger partial charge in [0.1, 0.15) is 11.8 Å². The number of carbonyl (C=O) groups is 2. The van der Waals surface area contributed by atoms with E-state index in [1.165, 1.54) is 7.11 Å². The van der Waals surface area contributed by atoms with Crippen molar-refractivity contribution in [2.24, 2.45) is 0 Å². The van der Waals surface area contributed by atoms with Crippen LogP contribution in [0, 0.1) is 6.92 Å². The highest BCUT2D eigenvalue weighted by Crippen LogP contribution is 2.36. The molecule has 1 fully saturated rings. The smallest absolute Gasteiger partial charge is 0.328 e. The number of fused-ring (bicyclic) bond motifs is 1. The van der Waals surface area contributed by atoms with Gasteiger partial charge in [0.2, 0.25) is 0 Å². The normalized spacial score (nSPS) is 15.0. The Morgan fingerprint density at radius 2 is 1.83 bits per heavy atom. The molecule has 36 heavy (non-hydrogen) atoms. The van der Waals surface area contributed by atoms with Crippen molar-refractivity contribution >= 4 is 34.4 Å². The van der Waals surface area contributed by atoms with Gasteiger partial charge >= 0.3 is 5.97 Å². The lowest BCUT2D eigenvalue weighted by Crippen LogP contribution is -2.43. The van der Waals surface area contributed by atoms with Crippen LogP contribution in [0.4, 0.5) is 0 Å². The number of nitrogens with one attached hydrogen (secondary N) is 1. The third-order valence-corrected chi connectivity index (χ3v) is 6.83. The second kappa shape index (κ2) is 11.8. The van der Waals surface area contributed by atoms with Crippen molar-refractivity contribution in [3.05, 3.63) is 64.3 Å². The third-order valence-electron chi connectivity index (χ3n) is 6.61. The van der Waals surface area contributed by atoms with Crippen molar-refractivity contribution in [2.75, 3.05) is 47.1 Å². The summed E-state index contributed by atoms with van der Waals surface area (Å²) < 4.78 is 18.2. The molecular formula is C27H32ClN3O5. The number of amides is 1. The predicted molar refractivity (Wildman–Crippen MR) is 139 cm³/mol. The zero-order chi connectivity index (χ0) is 25.7. The van der Waals surface area contributed by atoms with E-state index in [1.54, 1.807) is 19.2 Å². The lowest BCUT2D eigenvalue weighted by Gasteiger charge is -2.27. The molecule has 0 radical (unpaired) electrons. The van der Waals surface area contributed by atoms with E-state index in [9.17, 15) is 9.59 Å². The number of halogens is 1. The third kappa shape index (κ3) is 5.67. The van der Waals surface area contributed by atoms with E-state index in [4.69, 9.17) is 25.8 Å². The minimum atomic E-state index is -0.836. The number of benzene rings is 2. The average molecular weight is 514 g/mol. The molecule has 3 aromatic rings. The first kappa shape index (κ1) is 26.0. The van der Waals surface area contributed by atoms with Crippen molar-refractivity contribution in [2.45, 2.75) is 25.9 Å². The van der Waals surface area contributed by atoms with Gasteiger partial charge in [-0.25, -0.2) is 4.79 Å². The second-order valence-corrected chi connectivity index (χ2v) is 9.25. The van der Waals surface area contributed by atoms with Gasteiger partial charge in [-0.2, -0.15) is 0 Å². The van der Waals surface area contributed by atoms with Crippen LogP contribution < -0.4 is 10.1 Å². The molecule has 1 amide bonds. The Balaban J connectivity index is 1.69. The molecule has 1 aliphatic rings. The summed E-state index contributed by atoms with van der Waals surface area (Å²) in [5.41, 5.74) is 2.97. The Kier molecular flexibility index (Phi) is 8.51. The number of aromatic nitrogens is 1. The zero-order valence-electron chi connectivity index (χ0n) is 20.9. The Hall–Kier alpha value is -3.07. The topological polar surface area (TPSA) is 82.0 Å². The van der Waals surface area contributed by atoms with Crippen LogP contribution in [-0.2, 0) is 27.2 Å². The SMILES string of the molecule is COC(=O)[C@H](Cc1ccccc1)NC(=O)c1c(C)n(CCN2CCOCC2)c2c(OC)cc(Cl)cc12. The standard InChI is InChI=1S/C27H32ClN3O5/c1-18-24(26(32)29-22(27(33)35-3)15-19-7-5-4-6-8-19)21-16-20(28)17-23(34-2)25(21)31(18)10-9-30-11-13-36-14-12-30/h4-8,16-17,22H,9-15H2,1-3H3,(H,29,32)/t22-/m0/s1. The maximum atomic E-state index is 13.7. The van der Waals surface area contributed by atoms with Crippen LogP contribution in [0.5, 0.6) is 5.75 Å². The molecule has 1 N–H and O–H groups in total. The average Bonchev–Trinajstić information content (AvgIpc) is 3.17. The molecule has 2 aromatic carbocycles. The van der Waals surface area contributed by atoms with Gasteiger partial charge in [-0.15, -0.1) is 0 Å². The molecule has 192 valence electrons. The van der Waals surface area contributed by atoms with Crippen molar-refractivity contribution in [1.29, 1.82) is 0 Å². The summed E-state index contributed by atoms with van der Waals surface area (Å²) >= 11 is 6.41. The number of morpholine rings is 1. The van der Waals surface area contributed by atoms with E-state index >= 15 is 0 Å². The minimum Gasteiger partial charge on any atom is -0.494 e. The predicted octanol–water partition coefficient (Wildman–Crippen LogP) is 3.46. The monoisotopic (exact) mass is 513 g/mol. The van der Waals surface area contributed by atoms with Gasteiger partial charge in [-0.05, 0) is 18.6 Å². The highest BCUT2D eigenvalue weighted by atomic mass is 35.5. The van der Waals surface area contributed by atoms with Gasteiger partial charge < -0.3 is 24.1 Å². The maximum Gasteiger partial charge on any atom is 0.328 e. The van der Waals surface area contributed by atoms with Crippen LogP contribution in [0.25, 0.3) is 10.9 Å². The minimum absolute atomic E-state index is 0.318. The molecule has 4 rings (SSSR count). The Morgan fingerprint density at radius 1 is 1.11 bits per heavy atom. The number of ether oxygens (including phenoxy) is 3. The highest BCUT2D eigenvalue weighted by Gasteiger charge is 2.28. The largest absolute Gasteiger partial charge is 0.494 e. The first-order valence-corrected chi connectivity index (χ1v) is 12.4. The highest BCUT2D eigenvalue weighted by molar-refractivity contribution is 6.32. The van der Waals surface area contributed by atoms with Crippen molar-refractivity contribution < 1.29 is 23.8 Å². The number of methoxy groups -OCH3 is 2. The quantitative estimate of drug-likeness (QED) is 0.441. The summed E-state index contributed by atoms with van der Waals surface area (Å²) in [7, 11) is 2.91. The molecule has 0 unspecified atom stereocenters. The lowest BCUT2D eigenvalue weighted by atomic mass is 10.0. The Morgan fingerprint density at radius 3 is 2.50 bits per heavy atom. The van der Waals surface area contributed by atoms with Crippen LogP contribution in [0.3, 0.4) is 0 Å². The fraction of sp³-hybridized carbons (Fsp3) is 0.407. The maximum absolute atomic E-state index is 13.7. The number of carbonyl (C=O) groups excluding carboxylic acids is 2. The van der Waals surface area contributed by atoms with E-state index < -0.39 is 12.0 Å². The number of hydrogen-bond acceptors (Lipinski definition) is 6. The molecule has 0 saturated carbocycles. The number of rotatable bonds is 9. The second-order valence-electron chi connectivity index (χ2n) is 8.81. The molecular weight excluding hydrogens is 482 g/mol. The molecule has 9 heteroatoms. The van der Waals surface area contributed by atoms with Gasteiger partial charge in [0.15, 0.2) is 0 Å². The van der Waals surface area contributed by atoms with Gasteiger partial charge in [-0.1, -0.05) is 41.9 Å². The van der Waals surface area contributed by atoms with Crippen molar-refractivity contribution in [3.63, 3.8) is 0 Å². The number of nitrogens with zero attached hydrogens (tertiary/aromatic N) is 2. The molecule has 2 heterocycles. The van der Waals surface area contributed by atoms with E-state index in [-0.39, 0.29) is 5.91 Å². The van der Waals surface area contributed by atoms with E-state index in [2.05, 4.69) is 14.8 Å². The summed E-state index contributed by atoms with van der Waals surface area (Å²) in [6.45, 7) is 6.55. The Bertz CT molecular complexity index is 1220. The summed E-state index contributed by atoms with van der Waals surface area (Å²) in [5.74, 6) is -0.273. The molecule has 1 atom stereocenters. The van der Waals surface area contributed by atoms with Crippen LogP contribution in [0.2, 0.25) is 5.02 Å². The fourth-order valence-electron chi connectivity index (χ4n) is 4.74. The van der Waals surface area contributed by atoms with E-state index in [0.29, 0.717) is 47.9 Å². The van der Waals surface area contributed by atoms with Crippen LogP contribution in [0.15, 0.2) is 42.5 Å². The molecule has 1 aliphatic heterocycles. The van der Waals surface area contributed by atoms with Crippen LogP contribution >= 0.6 is 11.6 Å².